The minimum atomic E-state index is -3.86. The standard InChI is InChI=1S/C18H22ClN3O3S2/c1-2-3-6-15-21-22-17(26-15)20-16(23)18(11-4-5-12-18)27(24,25)14-9-7-13(19)8-10-14/h7-10H,2-6,11-12H2,1H3,(H,20,22,23). The molecule has 1 aromatic carbocycles. The summed E-state index contributed by atoms with van der Waals surface area (Å²) >= 11 is 7.18. The van der Waals surface area contributed by atoms with Crippen LogP contribution in [0.5, 0.6) is 0 Å². The van der Waals surface area contributed by atoms with Gasteiger partial charge in [-0.25, -0.2) is 8.42 Å². The summed E-state index contributed by atoms with van der Waals surface area (Å²) in [7, 11) is -3.86. The molecule has 0 bridgehead atoms. The van der Waals surface area contributed by atoms with Crippen molar-refractivity contribution in [2.75, 3.05) is 5.32 Å². The van der Waals surface area contributed by atoms with Gasteiger partial charge in [0, 0.05) is 11.4 Å². The predicted molar refractivity (Wildman–Crippen MR) is 107 cm³/mol. The lowest BCUT2D eigenvalue weighted by Gasteiger charge is -2.27. The van der Waals surface area contributed by atoms with E-state index in [1.807, 2.05) is 0 Å². The summed E-state index contributed by atoms with van der Waals surface area (Å²) in [5, 5.41) is 12.4. The molecule has 1 amide bonds. The highest BCUT2D eigenvalue weighted by Gasteiger charge is 2.53. The Kier molecular flexibility index (Phi) is 6.18. The molecule has 1 heterocycles. The molecule has 1 aliphatic rings. The van der Waals surface area contributed by atoms with Crippen LogP contribution < -0.4 is 5.32 Å². The van der Waals surface area contributed by atoms with Crippen LogP contribution in [0.4, 0.5) is 5.13 Å². The number of hydrogen-bond acceptors (Lipinski definition) is 6. The molecule has 0 spiro atoms. The number of anilines is 1. The molecule has 2 aromatic rings. The summed E-state index contributed by atoms with van der Waals surface area (Å²) in [6.07, 6.45) is 4.83. The first kappa shape index (κ1) is 20.2. The fraction of sp³-hybridized carbons (Fsp3) is 0.500. The number of carbonyl (C=O) groups is 1. The van der Waals surface area contributed by atoms with Crippen molar-refractivity contribution in [3.63, 3.8) is 0 Å². The number of rotatable bonds is 7. The first-order valence-corrected chi connectivity index (χ1v) is 11.7. The monoisotopic (exact) mass is 427 g/mol. The van der Waals surface area contributed by atoms with Crippen LogP contribution in [0.3, 0.4) is 0 Å². The van der Waals surface area contributed by atoms with Crippen molar-refractivity contribution >= 4 is 43.8 Å². The van der Waals surface area contributed by atoms with Crippen molar-refractivity contribution in [2.45, 2.75) is 61.5 Å². The predicted octanol–water partition coefficient (Wildman–Crippen LogP) is 4.26. The zero-order chi connectivity index (χ0) is 19.5. The normalized spacial score (nSPS) is 16.4. The van der Waals surface area contributed by atoms with Gasteiger partial charge in [0.1, 0.15) is 5.01 Å². The van der Waals surface area contributed by atoms with Crippen molar-refractivity contribution in [3.05, 3.63) is 34.3 Å². The van der Waals surface area contributed by atoms with Crippen molar-refractivity contribution in [2.24, 2.45) is 0 Å². The summed E-state index contributed by atoms with van der Waals surface area (Å²) in [6.45, 7) is 2.09. The molecule has 3 rings (SSSR count). The minimum Gasteiger partial charge on any atom is -0.299 e. The molecule has 1 fully saturated rings. The second-order valence-corrected chi connectivity index (χ2v) is 10.5. The molecule has 0 atom stereocenters. The molecular weight excluding hydrogens is 406 g/mol. The summed E-state index contributed by atoms with van der Waals surface area (Å²) in [4.78, 5) is 13.2. The fourth-order valence-electron chi connectivity index (χ4n) is 3.35. The van der Waals surface area contributed by atoms with Crippen LogP contribution in [0, 0.1) is 0 Å². The lowest BCUT2D eigenvalue weighted by atomic mass is 10.1. The van der Waals surface area contributed by atoms with Crippen molar-refractivity contribution in [1.82, 2.24) is 10.2 Å². The molecule has 0 aliphatic heterocycles. The fourth-order valence-corrected chi connectivity index (χ4v) is 6.32. The van der Waals surface area contributed by atoms with Crippen LogP contribution in [0.1, 0.15) is 50.5 Å². The number of halogens is 1. The molecule has 9 heteroatoms. The lowest BCUT2D eigenvalue weighted by Crippen LogP contribution is -2.47. The zero-order valence-electron chi connectivity index (χ0n) is 15.1. The number of sulfone groups is 1. The Morgan fingerprint density at radius 2 is 1.89 bits per heavy atom. The number of unbranched alkanes of at least 4 members (excludes halogenated alkanes) is 1. The first-order chi connectivity index (χ1) is 12.9. The van der Waals surface area contributed by atoms with E-state index in [1.54, 1.807) is 0 Å². The molecule has 6 nitrogen and oxygen atoms in total. The summed E-state index contributed by atoms with van der Waals surface area (Å²) in [5.41, 5.74) is 0. The van der Waals surface area contributed by atoms with E-state index in [9.17, 15) is 13.2 Å². The van der Waals surface area contributed by atoms with Gasteiger partial charge in [-0.1, -0.05) is 49.1 Å². The van der Waals surface area contributed by atoms with E-state index in [4.69, 9.17) is 11.6 Å². The van der Waals surface area contributed by atoms with E-state index in [0.29, 0.717) is 35.8 Å². The maximum absolute atomic E-state index is 13.3. The molecule has 1 N–H and O–H groups in total. The topological polar surface area (TPSA) is 89.0 Å². The largest absolute Gasteiger partial charge is 0.299 e. The van der Waals surface area contributed by atoms with Gasteiger partial charge in [-0.2, -0.15) is 0 Å². The van der Waals surface area contributed by atoms with Gasteiger partial charge in [-0.05, 0) is 43.5 Å². The zero-order valence-corrected chi connectivity index (χ0v) is 17.5. The Morgan fingerprint density at radius 3 is 2.52 bits per heavy atom. The smallest absolute Gasteiger partial charge is 0.248 e. The van der Waals surface area contributed by atoms with Crippen LogP contribution in [-0.2, 0) is 21.1 Å². The maximum Gasteiger partial charge on any atom is 0.248 e. The van der Waals surface area contributed by atoms with E-state index in [2.05, 4.69) is 22.4 Å². The third-order valence-corrected chi connectivity index (χ3v) is 8.56. The Hall–Kier alpha value is -1.51. The third-order valence-electron chi connectivity index (χ3n) is 4.89. The highest BCUT2D eigenvalue weighted by atomic mass is 35.5. The van der Waals surface area contributed by atoms with Crippen molar-refractivity contribution in [3.8, 4) is 0 Å². The molecule has 27 heavy (non-hydrogen) atoms. The van der Waals surface area contributed by atoms with E-state index in [1.165, 1.54) is 35.6 Å². The number of nitrogens with zero attached hydrogens (tertiary/aromatic N) is 2. The average Bonchev–Trinajstić information content (AvgIpc) is 3.31. The number of amides is 1. The summed E-state index contributed by atoms with van der Waals surface area (Å²) in [5.74, 6) is -0.520. The van der Waals surface area contributed by atoms with Gasteiger partial charge in [0.2, 0.25) is 11.0 Å². The molecule has 146 valence electrons. The summed E-state index contributed by atoms with van der Waals surface area (Å²) < 4.78 is 25.1. The highest BCUT2D eigenvalue weighted by Crippen LogP contribution is 2.41. The van der Waals surface area contributed by atoms with Gasteiger partial charge in [-0.3, -0.25) is 10.1 Å². The van der Waals surface area contributed by atoms with E-state index in [0.717, 1.165) is 24.3 Å². The molecule has 1 saturated carbocycles. The number of nitrogens with one attached hydrogen (secondary N) is 1. The first-order valence-electron chi connectivity index (χ1n) is 9.03. The molecule has 1 aliphatic carbocycles. The van der Waals surface area contributed by atoms with Crippen LogP contribution >= 0.6 is 22.9 Å². The van der Waals surface area contributed by atoms with Crippen LogP contribution in [0.2, 0.25) is 5.02 Å². The van der Waals surface area contributed by atoms with E-state index >= 15 is 0 Å². The van der Waals surface area contributed by atoms with Crippen LogP contribution in [-0.4, -0.2) is 29.3 Å². The second kappa shape index (κ2) is 8.24. The van der Waals surface area contributed by atoms with Gasteiger partial charge in [0.25, 0.3) is 0 Å². The third kappa shape index (κ3) is 4.02. The van der Waals surface area contributed by atoms with Gasteiger partial charge < -0.3 is 0 Å². The van der Waals surface area contributed by atoms with E-state index < -0.39 is 20.5 Å². The summed E-state index contributed by atoms with van der Waals surface area (Å²) in [6, 6.07) is 5.97. The van der Waals surface area contributed by atoms with Crippen molar-refractivity contribution in [1.29, 1.82) is 0 Å². The average molecular weight is 428 g/mol. The van der Waals surface area contributed by atoms with Crippen molar-refractivity contribution < 1.29 is 13.2 Å². The molecule has 0 radical (unpaired) electrons. The maximum atomic E-state index is 13.3. The Bertz CT molecular complexity index is 904. The molecule has 0 unspecified atom stereocenters. The minimum absolute atomic E-state index is 0.116. The number of aryl methyl sites for hydroxylation is 1. The lowest BCUT2D eigenvalue weighted by molar-refractivity contribution is -0.118. The number of aromatic nitrogens is 2. The Balaban J connectivity index is 1.86. The Morgan fingerprint density at radius 1 is 1.22 bits per heavy atom. The molecular formula is C18H22ClN3O3S2. The molecule has 0 saturated heterocycles. The quantitative estimate of drug-likeness (QED) is 0.713. The van der Waals surface area contributed by atoms with Gasteiger partial charge in [0.05, 0.1) is 4.90 Å². The van der Waals surface area contributed by atoms with E-state index in [-0.39, 0.29) is 4.90 Å². The number of hydrogen-bond donors (Lipinski definition) is 1. The number of carbonyl (C=O) groups excluding carboxylic acids is 1. The Labute approximate surface area is 168 Å². The second-order valence-electron chi connectivity index (χ2n) is 6.72. The van der Waals surface area contributed by atoms with Crippen LogP contribution in [0.25, 0.3) is 0 Å². The van der Waals surface area contributed by atoms with Gasteiger partial charge in [-0.15, -0.1) is 10.2 Å². The van der Waals surface area contributed by atoms with Gasteiger partial charge >= 0.3 is 0 Å². The highest BCUT2D eigenvalue weighted by molar-refractivity contribution is 7.93. The van der Waals surface area contributed by atoms with Crippen LogP contribution in [0.15, 0.2) is 29.2 Å². The van der Waals surface area contributed by atoms with Gasteiger partial charge in [0.15, 0.2) is 14.6 Å². The SMILES string of the molecule is CCCCc1nnc(NC(=O)C2(S(=O)(=O)c3ccc(Cl)cc3)CCCC2)s1. The molecule has 1 aromatic heterocycles. The number of benzene rings is 1.